The first-order valence-corrected chi connectivity index (χ1v) is 12.1. The Bertz CT molecular complexity index is 1390. The van der Waals surface area contributed by atoms with Crippen LogP contribution in [0.3, 0.4) is 0 Å². The second-order valence-corrected chi connectivity index (χ2v) is 10.6. The number of carbonyl (C=O) groups excluding carboxylic acids is 1. The number of benzene rings is 3. The Kier molecular flexibility index (Phi) is 5.76. The highest BCUT2D eigenvalue weighted by Crippen LogP contribution is 2.36. The Hall–Kier alpha value is -3.57. The minimum atomic E-state index is -4.02. The van der Waals surface area contributed by atoms with Crippen LogP contribution in [0.2, 0.25) is 0 Å². The molecule has 1 amide bonds. The molecule has 0 radical (unpaired) electrons. The van der Waals surface area contributed by atoms with Gasteiger partial charge in [-0.1, -0.05) is 36.4 Å². The predicted molar refractivity (Wildman–Crippen MR) is 128 cm³/mol. The Morgan fingerprint density at radius 1 is 1.09 bits per heavy atom. The van der Waals surface area contributed by atoms with E-state index in [1.54, 1.807) is 6.07 Å². The molecule has 4 rings (SSSR count). The lowest BCUT2D eigenvalue weighted by Crippen LogP contribution is -2.29. The number of carbonyl (C=O) groups is 1. The van der Waals surface area contributed by atoms with Crippen molar-refractivity contribution in [3.63, 3.8) is 0 Å². The number of aromatic hydroxyl groups is 1. The van der Waals surface area contributed by atoms with E-state index in [0.29, 0.717) is 0 Å². The zero-order valence-electron chi connectivity index (χ0n) is 18.5. The Balaban J connectivity index is 1.64. The van der Waals surface area contributed by atoms with Crippen molar-refractivity contribution in [2.45, 2.75) is 33.1 Å². The van der Waals surface area contributed by atoms with Crippen LogP contribution in [0.1, 0.15) is 32.3 Å². The summed E-state index contributed by atoms with van der Waals surface area (Å²) in [7, 11) is -4.02. The summed E-state index contributed by atoms with van der Waals surface area (Å²) in [6.07, 6.45) is 2.62. The standard InChI is InChI=1S/C25H25N3O4S/c1-25(2,16-26)10-4-6-17-5-3-7-18(11-17)19-8-9-20-14-23(29)22(13-21(20)12-19)28-15-24(30)27-33(28,31)32/h3,5,7-9,11-14,29H,4,6,10,15H2,1-2H3,(H,27,30). The van der Waals surface area contributed by atoms with Crippen LogP contribution < -0.4 is 9.03 Å². The van der Waals surface area contributed by atoms with E-state index in [1.165, 1.54) is 11.6 Å². The first-order chi connectivity index (χ1) is 15.6. The number of phenolic OH excluding ortho intramolecular Hbond substituents is 1. The van der Waals surface area contributed by atoms with E-state index in [4.69, 9.17) is 0 Å². The summed E-state index contributed by atoms with van der Waals surface area (Å²) in [5.41, 5.74) is 2.89. The smallest absolute Gasteiger partial charge is 0.326 e. The van der Waals surface area contributed by atoms with E-state index in [1.807, 2.05) is 48.9 Å². The molecule has 0 spiro atoms. The largest absolute Gasteiger partial charge is 0.506 e. The van der Waals surface area contributed by atoms with Crippen molar-refractivity contribution in [1.82, 2.24) is 4.72 Å². The zero-order valence-corrected chi connectivity index (χ0v) is 19.3. The summed E-state index contributed by atoms with van der Waals surface area (Å²) >= 11 is 0. The van der Waals surface area contributed by atoms with Gasteiger partial charge in [-0.15, -0.1) is 0 Å². The van der Waals surface area contributed by atoms with E-state index in [9.17, 15) is 23.6 Å². The predicted octanol–water partition coefficient (Wildman–Crippen LogP) is 4.27. The average Bonchev–Trinajstić information content (AvgIpc) is 3.04. The third-order valence-corrected chi connectivity index (χ3v) is 7.24. The van der Waals surface area contributed by atoms with Crippen molar-refractivity contribution in [3.05, 3.63) is 60.2 Å². The van der Waals surface area contributed by atoms with Crippen molar-refractivity contribution in [2.75, 3.05) is 10.8 Å². The lowest BCUT2D eigenvalue weighted by Gasteiger charge is -2.17. The zero-order chi connectivity index (χ0) is 23.8. The topological polar surface area (TPSA) is 110 Å². The monoisotopic (exact) mass is 463 g/mol. The minimum absolute atomic E-state index is 0.0619. The quantitative estimate of drug-likeness (QED) is 0.567. The molecule has 1 aliphatic rings. The average molecular weight is 464 g/mol. The van der Waals surface area contributed by atoms with Gasteiger partial charge in [0, 0.05) is 0 Å². The second-order valence-electron chi connectivity index (χ2n) is 8.99. The molecular formula is C25H25N3O4S. The lowest BCUT2D eigenvalue weighted by molar-refractivity contribution is -0.117. The normalized spacial score (nSPS) is 15.4. The molecule has 170 valence electrons. The number of aryl methyl sites for hydroxylation is 1. The number of rotatable bonds is 6. The van der Waals surface area contributed by atoms with Gasteiger partial charge in [0.1, 0.15) is 12.3 Å². The van der Waals surface area contributed by atoms with Crippen LogP contribution in [0.25, 0.3) is 21.9 Å². The third-order valence-electron chi connectivity index (χ3n) is 5.85. The van der Waals surface area contributed by atoms with Gasteiger partial charge in [-0.3, -0.25) is 4.79 Å². The maximum Gasteiger partial charge on any atom is 0.326 e. The molecule has 1 heterocycles. The highest BCUT2D eigenvalue weighted by atomic mass is 32.2. The first kappa shape index (κ1) is 22.6. The van der Waals surface area contributed by atoms with Gasteiger partial charge in [0.25, 0.3) is 5.91 Å². The number of fused-ring (bicyclic) bond motifs is 1. The molecule has 0 aromatic heterocycles. The van der Waals surface area contributed by atoms with Crippen LogP contribution in [0, 0.1) is 16.7 Å². The molecule has 7 nitrogen and oxygen atoms in total. The van der Waals surface area contributed by atoms with Gasteiger partial charge >= 0.3 is 10.2 Å². The fourth-order valence-electron chi connectivity index (χ4n) is 4.01. The molecule has 33 heavy (non-hydrogen) atoms. The van der Waals surface area contributed by atoms with Gasteiger partial charge in [-0.25, -0.2) is 9.03 Å². The molecule has 1 fully saturated rings. The molecule has 0 aliphatic carbocycles. The number of nitriles is 1. The minimum Gasteiger partial charge on any atom is -0.506 e. The van der Waals surface area contributed by atoms with Crippen LogP contribution in [-0.2, 0) is 21.4 Å². The maximum absolute atomic E-state index is 12.2. The van der Waals surface area contributed by atoms with Crippen molar-refractivity contribution < 1.29 is 18.3 Å². The molecular weight excluding hydrogens is 438 g/mol. The summed E-state index contributed by atoms with van der Waals surface area (Å²) in [6.45, 7) is 3.53. The van der Waals surface area contributed by atoms with Gasteiger partial charge in [0.05, 0.1) is 17.2 Å². The number of anilines is 1. The molecule has 3 aromatic rings. The fourth-order valence-corrected chi connectivity index (χ4v) is 5.17. The van der Waals surface area contributed by atoms with Gasteiger partial charge in [-0.2, -0.15) is 13.7 Å². The van der Waals surface area contributed by atoms with E-state index < -0.39 is 16.1 Å². The van der Waals surface area contributed by atoms with Gasteiger partial charge in [0.15, 0.2) is 0 Å². The van der Waals surface area contributed by atoms with E-state index in [0.717, 1.165) is 45.5 Å². The molecule has 0 unspecified atom stereocenters. The molecule has 8 heteroatoms. The lowest BCUT2D eigenvalue weighted by atomic mass is 9.88. The molecule has 3 aromatic carbocycles. The number of nitrogens with one attached hydrogen (secondary N) is 1. The second kappa shape index (κ2) is 8.41. The van der Waals surface area contributed by atoms with Crippen molar-refractivity contribution >= 4 is 32.6 Å². The first-order valence-electron chi connectivity index (χ1n) is 10.7. The van der Waals surface area contributed by atoms with Crippen molar-refractivity contribution in [3.8, 4) is 22.9 Å². The number of nitrogens with zero attached hydrogens (tertiary/aromatic N) is 2. The van der Waals surface area contributed by atoms with Crippen LogP contribution >= 0.6 is 0 Å². The van der Waals surface area contributed by atoms with E-state index in [-0.39, 0.29) is 23.4 Å². The number of amides is 1. The SMILES string of the molecule is CC(C)(C#N)CCCc1cccc(-c2ccc3cc(O)c(N4CC(=O)NS4(=O)=O)cc3c2)c1. The van der Waals surface area contributed by atoms with Gasteiger partial charge in [-0.05, 0) is 78.8 Å². The Morgan fingerprint density at radius 3 is 2.55 bits per heavy atom. The molecule has 2 N–H and O–H groups in total. The number of phenols is 1. The molecule has 0 saturated carbocycles. The molecule has 0 bridgehead atoms. The van der Waals surface area contributed by atoms with Crippen LogP contribution in [0.15, 0.2) is 54.6 Å². The number of hydrogen-bond donors (Lipinski definition) is 2. The molecule has 0 atom stereocenters. The van der Waals surface area contributed by atoms with Gasteiger partial charge < -0.3 is 5.11 Å². The van der Waals surface area contributed by atoms with Crippen molar-refractivity contribution in [2.24, 2.45) is 5.41 Å². The van der Waals surface area contributed by atoms with Crippen LogP contribution in [0.4, 0.5) is 5.69 Å². The third kappa shape index (κ3) is 4.78. The summed E-state index contributed by atoms with van der Waals surface area (Å²) in [5.74, 6) is -0.851. The fraction of sp³-hybridized carbons (Fsp3) is 0.280. The molecule has 1 aliphatic heterocycles. The summed E-state index contributed by atoms with van der Waals surface area (Å²) in [5, 5.41) is 21.1. The van der Waals surface area contributed by atoms with E-state index >= 15 is 0 Å². The van der Waals surface area contributed by atoms with Gasteiger partial charge in [0.2, 0.25) is 0 Å². The van der Waals surface area contributed by atoms with E-state index in [2.05, 4.69) is 18.2 Å². The van der Waals surface area contributed by atoms with Crippen LogP contribution in [-0.4, -0.2) is 26.0 Å². The van der Waals surface area contributed by atoms with Crippen molar-refractivity contribution in [1.29, 1.82) is 5.26 Å². The Morgan fingerprint density at radius 2 is 1.85 bits per heavy atom. The maximum atomic E-state index is 12.2. The summed E-state index contributed by atoms with van der Waals surface area (Å²) < 4.78 is 27.2. The number of hydrogen-bond acceptors (Lipinski definition) is 5. The van der Waals surface area contributed by atoms with Crippen LogP contribution in [0.5, 0.6) is 5.75 Å². The Labute approximate surface area is 193 Å². The summed E-state index contributed by atoms with van der Waals surface area (Å²) in [4.78, 5) is 11.6. The summed E-state index contributed by atoms with van der Waals surface area (Å²) in [6, 6.07) is 19.4. The highest BCUT2D eigenvalue weighted by Gasteiger charge is 2.35. The highest BCUT2D eigenvalue weighted by molar-refractivity contribution is 7.92. The molecule has 1 saturated heterocycles.